The fraction of sp³-hybridized carbons (Fsp3) is 0.0952. The standard InChI is InChI=1S/C21H13F3O3S/c22-21(23,24)14-3-1-2-11(6-14)12-4-5-13-7-16(26)20-17(27)9-15(25)10-19(20)28-18(13)8-12/h1-6,8-10,25,27H,7H2. The van der Waals surface area contributed by atoms with Gasteiger partial charge in [-0.05, 0) is 41.0 Å². The third-order valence-electron chi connectivity index (χ3n) is 4.51. The summed E-state index contributed by atoms with van der Waals surface area (Å²) in [6.07, 6.45) is -4.38. The summed E-state index contributed by atoms with van der Waals surface area (Å²) in [5, 5.41) is 19.8. The van der Waals surface area contributed by atoms with Gasteiger partial charge in [-0.15, -0.1) is 0 Å². The molecule has 0 unspecified atom stereocenters. The van der Waals surface area contributed by atoms with Crippen molar-refractivity contribution in [1.29, 1.82) is 0 Å². The minimum Gasteiger partial charge on any atom is -0.508 e. The molecule has 0 amide bonds. The first kappa shape index (κ1) is 18.4. The van der Waals surface area contributed by atoms with Gasteiger partial charge in [0.1, 0.15) is 11.5 Å². The van der Waals surface area contributed by atoms with Gasteiger partial charge in [0.2, 0.25) is 0 Å². The summed E-state index contributed by atoms with van der Waals surface area (Å²) >= 11 is 1.19. The molecule has 0 aliphatic carbocycles. The van der Waals surface area contributed by atoms with Gasteiger partial charge in [-0.3, -0.25) is 4.79 Å². The Morgan fingerprint density at radius 2 is 1.64 bits per heavy atom. The Balaban J connectivity index is 1.80. The van der Waals surface area contributed by atoms with Gasteiger partial charge in [0.05, 0.1) is 11.1 Å². The Morgan fingerprint density at radius 1 is 0.893 bits per heavy atom. The van der Waals surface area contributed by atoms with Crippen LogP contribution in [0.2, 0.25) is 0 Å². The van der Waals surface area contributed by atoms with Gasteiger partial charge in [0.25, 0.3) is 0 Å². The first-order valence-electron chi connectivity index (χ1n) is 8.30. The lowest BCUT2D eigenvalue weighted by Crippen LogP contribution is -2.04. The Morgan fingerprint density at radius 3 is 2.39 bits per heavy atom. The van der Waals surface area contributed by atoms with Crippen LogP contribution >= 0.6 is 11.8 Å². The van der Waals surface area contributed by atoms with E-state index in [0.29, 0.717) is 26.5 Å². The molecule has 7 heteroatoms. The number of hydrogen-bond donors (Lipinski definition) is 2. The molecule has 0 atom stereocenters. The molecule has 0 saturated carbocycles. The van der Waals surface area contributed by atoms with Crippen LogP contribution in [0.4, 0.5) is 13.2 Å². The molecule has 1 aliphatic heterocycles. The van der Waals surface area contributed by atoms with Crippen molar-refractivity contribution in [3.05, 3.63) is 71.3 Å². The minimum absolute atomic E-state index is 0.0521. The average molecular weight is 402 g/mol. The predicted octanol–water partition coefficient (Wildman–Crippen LogP) is 5.67. The number of fused-ring (bicyclic) bond motifs is 2. The van der Waals surface area contributed by atoms with E-state index in [9.17, 15) is 28.2 Å². The van der Waals surface area contributed by atoms with Gasteiger partial charge in [-0.2, -0.15) is 13.2 Å². The van der Waals surface area contributed by atoms with Crippen LogP contribution in [0.3, 0.4) is 0 Å². The topological polar surface area (TPSA) is 57.5 Å². The van der Waals surface area contributed by atoms with Crippen molar-refractivity contribution in [3.8, 4) is 22.6 Å². The van der Waals surface area contributed by atoms with Gasteiger partial charge >= 0.3 is 6.18 Å². The number of carbonyl (C=O) groups is 1. The van der Waals surface area contributed by atoms with Crippen molar-refractivity contribution < 1.29 is 28.2 Å². The molecule has 0 spiro atoms. The fourth-order valence-electron chi connectivity index (χ4n) is 3.18. The van der Waals surface area contributed by atoms with Gasteiger partial charge in [-0.1, -0.05) is 36.0 Å². The van der Waals surface area contributed by atoms with Crippen LogP contribution in [0.25, 0.3) is 11.1 Å². The third kappa shape index (κ3) is 3.33. The van der Waals surface area contributed by atoms with E-state index in [0.717, 1.165) is 18.2 Å². The molecule has 3 aromatic rings. The first-order chi connectivity index (χ1) is 13.2. The molecular formula is C21H13F3O3S. The van der Waals surface area contributed by atoms with Crippen molar-refractivity contribution in [1.82, 2.24) is 0 Å². The molecule has 1 aliphatic rings. The molecule has 3 nitrogen and oxygen atoms in total. The van der Waals surface area contributed by atoms with E-state index in [-0.39, 0.29) is 29.3 Å². The number of halogens is 3. The van der Waals surface area contributed by atoms with Crippen molar-refractivity contribution in [2.75, 3.05) is 0 Å². The summed E-state index contributed by atoms with van der Waals surface area (Å²) in [5.41, 5.74) is 1.11. The van der Waals surface area contributed by atoms with Crippen LogP contribution < -0.4 is 0 Å². The maximum Gasteiger partial charge on any atom is 0.416 e. The SMILES string of the molecule is O=C1Cc2ccc(-c3cccc(C(F)(F)F)c3)cc2Sc2cc(O)cc(O)c21. The van der Waals surface area contributed by atoms with Crippen molar-refractivity contribution >= 4 is 17.5 Å². The van der Waals surface area contributed by atoms with E-state index in [4.69, 9.17) is 0 Å². The molecule has 4 rings (SSSR count). The van der Waals surface area contributed by atoms with E-state index in [1.54, 1.807) is 24.3 Å². The zero-order valence-electron chi connectivity index (χ0n) is 14.2. The quantitative estimate of drug-likeness (QED) is 0.550. The highest BCUT2D eigenvalue weighted by atomic mass is 32.2. The second-order valence-corrected chi connectivity index (χ2v) is 7.52. The number of rotatable bonds is 1. The number of benzene rings is 3. The fourth-order valence-corrected chi connectivity index (χ4v) is 4.37. The molecule has 28 heavy (non-hydrogen) atoms. The summed E-state index contributed by atoms with van der Waals surface area (Å²) < 4.78 is 39.0. The van der Waals surface area contributed by atoms with Crippen LogP contribution in [0.5, 0.6) is 11.5 Å². The highest BCUT2D eigenvalue weighted by molar-refractivity contribution is 7.99. The van der Waals surface area contributed by atoms with Gasteiger partial charge in [0.15, 0.2) is 5.78 Å². The minimum atomic E-state index is -4.43. The van der Waals surface area contributed by atoms with Gasteiger partial charge < -0.3 is 10.2 Å². The Bertz CT molecular complexity index is 1110. The molecule has 0 radical (unpaired) electrons. The van der Waals surface area contributed by atoms with Gasteiger partial charge in [0, 0.05) is 22.3 Å². The normalized spacial score (nSPS) is 13.6. The second kappa shape index (κ2) is 6.60. The molecule has 0 aromatic heterocycles. The van der Waals surface area contributed by atoms with Gasteiger partial charge in [-0.25, -0.2) is 0 Å². The maximum absolute atomic E-state index is 13.0. The van der Waals surface area contributed by atoms with E-state index < -0.39 is 11.7 Å². The Labute approximate surface area is 162 Å². The van der Waals surface area contributed by atoms with Crippen LogP contribution in [-0.4, -0.2) is 16.0 Å². The number of aromatic hydroxyl groups is 2. The van der Waals surface area contributed by atoms with Crippen molar-refractivity contribution in [2.24, 2.45) is 0 Å². The number of hydrogen-bond acceptors (Lipinski definition) is 4. The molecule has 0 bridgehead atoms. The number of carbonyl (C=O) groups excluding carboxylic acids is 1. The molecule has 0 saturated heterocycles. The van der Waals surface area contributed by atoms with Crippen LogP contribution in [0, 0.1) is 0 Å². The summed E-state index contributed by atoms with van der Waals surface area (Å²) in [6.45, 7) is 0. The van der Waals surface area contributed by atoms with E-state index in [1.165, 1.54) is 23.9 Å². The average Bonchev–Trinajstić information content (AvgIpc) is 2.75. The summed E-state index contributed by atoms with van der Waals surface area (Å²) in [6, 6.07) is 12.7. The van der Waals surface area contributed by atoms with E-state index in [1.807, 2.05) is 0 Å². The lowest BCUT2D eigenvalue weighted by Gasteiger charge is -2.11. The van der Waals surface area contributed by atoms with Crippen LogP contribution in [0.1, 0.15) is 21.5 Å². The molecule has 3 aromatic carbocycles. The second-order valence-electron chi connectivity index (χ2n) is 6.44. The zero-order valence-corrected chi connectivity index (χ0v) is 15.1. The number of phenols is 2. The molecule has 142 valence electrons. The number of Topliss-reactive ketones (excluding diaryl/α,β-unsaturated/α-hetero) is 1. The Hall–Kier alpha value is -2.93. The van der Waals surface area contributed by atoms with Crippen LogP contribution in [0.15, 0.2) is 64.4 Å². The van der Waals surface area contributed by atoms with Crippen molar-refractivity contribution in [3.63, 3.8) is 0 Å². The Kier molecular flexibility index (Phi) is 4.34. The highest BCUT2D eigenvalue weighted by Crippen LogP contribution is 2.43. The molecule has 1 heterocycles. The molecule has 2 N–H and O–H groups in total. The molecular weight excluding hydrogens is 389 g/mol. The lowest BCUT2D eigenvalue weighted by molar-refractivity contribution is -0.137. The first-order valence-corrected chi connectivity index (χ1v) is 9.11. The smallest absolute Gasteiger partial charge is 0.416 e. The summed E-state index contributed by atoms with van der Waals surface area (Å²) in [5.74, 6) is -0.752. The maximum atomic E-state index is 13.0. The number of alkyl halides is 3. The monoisotopic (exact) mass is 402 g/mol. The zero-order chi connectivity index (χ0) is 20.1. The lowest BCUT2D eigenvalue weighted by atomic mass is 9.98. The molecule has 0 fully saturated rings. The number of phenolic OH excluding ortho intramolecular Hbond substituents is 2. The third-order valence-corrected chi connectivity index (χ3v) is 5.65. The van der Waals surface area contributed by atoms with E-state index >= 15 is 0 Å². The summed E-state index contributed by atoms with van der Waals surface area (Å²) in [4.78, 5) is 13.6. The highest BCUT2D eigenvalue weighted by Gasteiger charge is 2.30. The largest absolute Gasteiger partial charge is 0.508 e. The van der Waals surface area contributed by atoms with Crippen molar-refractivity contribution in [2.45, 2.75) is 22.4 Å². The van der Waals surface area contributed by atoms with E-state index in [2.05, 4.69) is 0 Å². The predicted molar refractivity (Wildman–Crippen MR) is 98.8 cm³/mol. The summed E-state index contributed by atoms with van der Waals surface area (Å²) in [7, 11) is 0. The van der Waals surface area contributed by atoms with Crippen LogP contribution in [-0.2, 0) is 12.6 Å². The number of ketones is 1.